The normalized spacial score (nSPS) is 11.3. The number of aryl methyl sites for hydroxylation is 1. The van der Waals surface area contributed by atoms with E-state index in [1.165, 1.54) is 10.7 Å². The van der Waals surface area contributed by atoms with Crippen molar-refractivity contribution in [2.24, 2.45) is 7.05 Å². The Morgan fingerprint density at radius 1 is 1.30 bits per heavy atom. The number of nitrogens with one attached hydrogen (secondary N) is 1. The van der Waals surface area contributed by atoms with E-state index in [1.54, 1.807) is 31.3 Å². The third-order valence-electron chi connectivity index (χ3n) is 2.58. The number of carbonyl (C=O) groups is 1. The van der Waals surface area contributed by atoms with Crippen LogP contribution in [0.1, 0.15) is 10.5 Å². The van der Waals surface area contributed by atoms with Gasteiger partial charge in [0.2, 0.25) is 10.0 Å². The monoisotopic (exact) mass is 295 g/mol. The quantitative estimate of drug-likeness (QED) is 0.881. The zero-order valence-corrected chi connectivity index (χ0v) is 11.7. The lowest BCUT2D eigenvalue weighted by Gasteiger charge is -2.05. The zero-order chi connectivity index (χ0) is 14.9. The molecule has 0 amide bonds. The van der Waals surface area contributed by atoms with E-state index in [0.29, 0.717) is 11.4 Å². The molecule has 106 valence electrons. The average molecular weight is 295 g/mol. The Kier molecular flexibility index (Phi) is 3.49. The van der Waals surface area contributed by atoms with Gasteiger partial charge in [-0.25, -0.2) is 13.2 Å². The number of carboxylic acids is 1. The van der Waals surface area contributed by atoms with Gasteiger partial charge in [-0.1, -0.05) is 12.1 Å². The minimum atomic E-state index is -3.32. The van der Waals surface area contributed by atoms with Crippen LogP contribution < -0.4 is 4.72 Å². The molecule has 0 saturated heterocycles. The lowest BCUT2D eigenvalue weighted by atomic mass is 10.1. The van der Waals surface area contributed by atoms with Crippen molar-refractivity contribution >= 4 is 21.7 Å². The van der Waals surface area contributed by atoms with Gasteiger partial charge in [-0.2, -0.15) is 5.10 Å². The summed E-state index contributed by atoms with van der Waals surface area (Å²) in [6.45, 7) is 0. The van der Waals surface area contributed by atoms with Crippen molar-refractivity contribution in [3.05, 3.63) is 36.0 Å². The summed E-state index contributed by atoms with van der Waals surface area (Å²) in [7, 11) is -1.67. The molecule has 2 rings (SSSR count). The molecular weight excluding hydrogens is 282 g/mol. The molecule has 0 radical (unpaired) electrons. The Morgan fingerprint density at radius 3 is 2.35 bits per heavy atom. The number of nitrogens with zero attached hydrogens (tertiary/aromatic N) is 2. The van der Waals surface area contributed by atoms with E-state index >= 15 is 0 Å². The standard InChI is InChI=1S/C12H13N3O4S/c1-15-11(7-10(13-15)12(16)17)8-3-5-9(6-4-8)14-20(2,18)19/h3-7,14H,1-2H3,(H,16,17). The van der Waals surface area contributed by atoms with Crippen LogP contribution >= 0.6 is 0 Å². The third-order valence-corrected chi connectivity index (χ3v) is 3.19. The molecule has 8 heteroatoms. The first-order chi connectivity index (χ1) is 9.26. The maximum absolute atomic E-state index is 11.1. The van der Waals surface area contributed by atoms with Crippen LogP contribution in [0.15, 0.2) is 30.3 Å². The molecule has 1 heterocycles. The second-order valence-corrected chi connectivity index (χ2v) is 6.04. The second kappa shape index (κ2) is 4.97. The highest BCUT2D eigenvalue weighted by Gasteiger charge is 2.12. The first-order valence-corrected chi connectivity index (χ1v) is 7.51. The molecule has 2 aromatic rings. The van der Waals surface area contributed by atoms with E-state index in [0.717, 1.165) is 11.8 Å². The summed E-state index contributed by atoms with van der Waals surface area (Å²) in [6, 6.07) is 8.04. The van der Waals surface area contributed by atoms with E-state index in [1.807, 2.05) is 0 Å². The van der Waals surface area contributed by atoms with Crippen LogP contribution in [-0.4, -0.2) is 35.5 Å². The van der Waals surface area contributed by atoms with Gasteiger partial charge in [-0.05, 0) is 23.8 Å². The van der Waals surface area contributed by atoms with E-state index in [2.05, 4.69) is 9.82 Å². The summed E-state index contributed by atoms with van der Waals surface area (Å²) < 4.78 is 26.0. The van der Waals surface area contributed by atoms with Gasteiger partial charge in [0.15, 0.2) is 5.69 Å². The lowest BCUT2D eigenvalue weighted by molar-refractivity contribution is 0.0689. The molecule has 0 fully saturated rings. The minimum absolute atomic E-state index is 0.0409. The smallest absolute Gasteiger partial charge is 0.356 e. The number of aromatic carboxylic acids is 1. The zero-order valence-electron chi connectivity index (χ0n) is 10.9. The summed E-state index contributed by atoms with van der Waals surface area (Å²) in [4.78, 5) is 10.9. The Morgan fingerprint density at radius 2 is 1.90 bits per heavy atom. The van der Waals surface area contributed by atoms with Crippen molar-refractivity contribution in [2.45, 2.75) is 0 Å². The third kappa shape index (κ3) is 3.15. The lowest BCUT2D eigenvalue weighted by Crippen LogP contribution is -2.09. The van der Waals surface area contributed by atoms with Crippen LogP contribution in [0.25, 0.3) is 11.3 Å². The van der Waals surface area contributed by atoms with Crippen LogP contribution in [-0.2, 0) is 17.1 Å². The number of anilines is 1. The molecule has 0 aliphatic rings. The van der Waals surface area contributed by atoms with Gasteiger partial charge in [0.25, 0.3) is 0 Å². The highest BCUT2D eigenvalue weighted by atomic mass is 32.2. The Bertz CT molecular complexity index is 748. The number of hydrogen-bond acceptors (Lipinski definition) is 4. The summed E-state index contributed by atoms with van der Waals surface area (Å²) >= 11 is 0. The second-order valence-electron chi connectivity index (χ2n) is 4.30. The van der Waals surface area contributed by atoms with Gasteiger partial charge >= 0.3 is 5.97 Å². The van der Waals surface area contributed by atoms with E-state index in [9.17, 15) is 13.2 Å². The maximum Gasteiger partial charge on any atom is 0.356 e. The summed E-state index contributed by atoms with van der Waals surface area (Å²) in [6.07, 6.45) is 1.07. The first-order valence-electron chi connectivity index (χ1n) is 5.62. The van der Waals surface area contributed by atoms with Crippen molar-refractivity contribution in [2.75, 3.05) is 11.0 Å². The maximum atomic E-state index is 11.1. The summed E-state index contributed by atoms with van der Waals surface area (Å²) in [5.74, 6) is -1.10. The molecule has 1 aromatic heterocycles. The molecule has 0 spiro atoms. The highest BCUT2D eigenvalue weighted by Crippen LogP contribution is 2.22. The van der Waals surface area contributed by atoms with Crippen molar-refractivity contribution in [3.8, 4) is 11.3 Å². The van der Waals surface area contributed by atoms with E-state index in [4.69, 9.17) is 5.11 Å². The largest absolute Gasteiger partial charge is 0.476 e. The van der Waals surface area contributed by atoms with Gasteiger partial charge in [-0.15, -0.1) is 0 Å². The predicted molar refractivity (Wildman–Crippen MR) is 74.1 cm³/mol. The number of aromatic nitrogens is 2. The Balaban J connectivity index is 2.33. The number of benzene rings is 1. The molecular formula is C12H13N3O4S. The molecule has 0 aliphatic carbocycles. The topological polar surface area (TPSA) is 101 Å². The van der Waals surface area contributed by atoms with Crippen LogP contribution in [0.3, 0.4) is 0 Å². The van der Waals surface area contributed by atoms with Gasteiger partial charge in [0, 0.05) is 12.7 Å². The molecule has 0 aliphatic heterocycles. The van der Waals surface area contributed by atoms with Crippen LogP contribution in [0.4, 0.5) is 5.69 Å². The van der Waals surface area contributed by atoms with Crippen LogP contribution in [0.2, 0.25) is 0 Å². The van der Waals surface area contributed by atoms with E-state index < -0.39 is 16.0 Å². The highest BCUT2D eigenvalue weighted by molar-refractivity contribution is 7.92. The number of rotatable bonds is 4. The van der Waals surface area contributed by atoms with Crippen molar-refractivity contribution in [1.82, 2.24) is 9.78 Å². The molecule has 0 atom stereocenters. The van der Waals surface area contributed by atoms with Gasteiger partial charge in [0.05, 0.1) is 11.9 Å². The molecule has 7 nitrogen and oxygen atoms in total. The molecule has 0 saturated carbocycles. The molecule has 20 heavy (non-hydrogen) atoms. The van der Waals surface area contributed by atoms with Crippen molar-refractivity contribution in [1.29, 1.82) is 0 Å². The average Bonchev–Trinajstić information content (AvgIpc) is 2.70. The molecule has 0 unspecified atom stereocenters. The van der Waals surface area contributed by atoms with Gasteiger partial charge < -0.3 is 5.11 Å². The number of hydrogen-bond donors (Lipinski definition) is 2. The SMILES string of the molecule is Cn1nc(C(=O)O)cc1-c1ccc(NS(C)(=O)=O)cc1. The number of carboxylic acid groups (broad SMARTS) is 1. The fourth-order valence-corrected chi connectivity index (χ4v) is 2.33. The van der Waals surface area contributed by atoms with E-state index in [-0.39, 0.29) is 5.69 Å². The van der Waals surface area contributed by atoms with Crippen molar-refractivity contribution in [3.63, 3.8) is 0 Å². The molecule has 2 N–H and O–H groups in total. The Labute approximate surface area is 115 Å². The van der Waals surface area contributed by atoms with Crippen LogP contribution in [0.5, 0.6) is 0 Å². The summed E-state index contributed by atoms with van der Waals surface area (Å²) in [5.41, 5.74) is 1.78. The minimum Gasteiger partial charge on any atom is -0.476 e. The van der Waals surface area contributed by atoms with Crippen molar-refractivity contribution < 1.29 is 18.3 Å². The molecule has 1 aromatic carbocycles. The first kappa shape index (κ1) is 14.1. The Hall–Kier alpha value is -2.35. The fourth-order valence-electron chi connectivity index (χ4n) is 1.77. The number of sulfonamides is 1. The van der Waals surface area contributed by atoms with Gasteiger partial charge in [0.1, 0.15) is 0 Å². The fraction of sp³-hybridized carbons (Fsp3) is 0.167. The predicted octanol–water partition coefficient (Wildman–Crippen LogP) is 1.16. The van der Waals surface area contributed by atoms with Gasteiger partial charge in [-0.3, -0.25) is 9.40 Å². The molecule has 0 bridgehead atoms. The van der Waals surface area contributed by atoms with Crippen LogP contribution in [0, 0.1) is 0 Å². The summed E-state index contributed by atoms with van der Waals surface area (Å²) in [5, 5.41) is 12.8.